The highest BCUT2D eigenvalue weighted by atomic mass is 79.9. The molecule has 0 aliphatic carbocycles. The Morgan fingerprint density at radius 3 is 2.69 bits per heavy atom. The van der Waals surface area contributed by atoms with Crippen LogP contribution >= 0.6 is 15.9 Å². The molecule has 1 aliphatic rings. The molecule has 0 bridgehead atoms. The molecule has 2 amide bonds. The number of alkyl carbamates (subject to hydrolysis) is 1. The predicted molar refractivity (Wildman–Crippen MR) is 138 cm³/mol. The molecule has 2 aromatic carbocycles. The molecule has 3 heterocycles. The summed E-state index contributed by atoms with van der Waals surface area (Å²) < 4.78 is 17.1. The number of carbonyl (C=O) groups is 2. The van der Waals surface area contributed by atoms with E-state index in [0.717, 1.165) is 50.5 Å². The Morgan fingerprint density at radius 2 is 1.94 bits per heavy atom. The summed E-state index contributed by atoms with van der Waals surface area (Å²) in [7, 11) is 2.76. The number of aromatic amines is 1. The largest absolute Gasteiger partial charge is 0.456 e. The number of rotatable bonds is 6. The quantitative estimate of drug-likeness (QED) is 0.340. The van der Waals surface area contributed by atoms with Crippen molar-refractivity contribution in [1.29, 1.82) is 0 Å². The highest BCUT2D eigenvalue weighted by Gasteiger charge is 2.38. The second kappa shape index (κ2) is 9.94. The van der Waals surface area contributed by atoms with E-state index in [1.54, 1.807) is 18.0 Å². The zero-order valence-electron chi connectivity index (χ0n) is 20.2. The van der Waals surface area contributed by atoms with Crippen molar-refractivity contribution in [3.05, 3.63) is 52.9 Å². The molecular formula is C26H27BrN4O5. The van der Waals surface area contributed by atoms with Gasteiger partial charge in [-0.15, -0.1) is 0 Å². The van der Waals surface area contributed by atoms with E-state index in [9.17, 15) is 9.59 Å². The molecule has 1 saturated heterocycles. The Hall–Kier alpha value is -3.37. The molecule has 5 rings (SSSR count). The van der Waals surface area contributed by atoms with Crippen molar-refractivity contribution < 1.29 is 23.5 Å². The summed E-state index contributed by atoms with van der Waals surface area (Å²) in [4.78, 5) is 35.0. The molecule has 10 heteroatoms. The second-order valence-corrected chi connectivity index (χ2v) is 9.80. The summed E-state index contributed by atoms with van der Waals surface area (Å²) in [5.41, 5.74) is 3.39. The van der Waals surface area contributed by atoms with E-state index in [4.69, 9.17) is 13.9 Å². The Morgan fingerprint density at radius 1 is 1.19 bits per heavy atom. The zero-order chi connectivity index (χ0) is 25.4. The number of aromatic nitrogens is 2. The van der Waals surface area contributed by atoms with Crippen LogP contribution < -0.4 is 5.32 Å². The molecule has 1 fully saturated rings. The van der Waals surface area contributed by atoms with Crippen molar-refractivity contribution >= 4 is 49.9 Å². The Balaban J connectivity index is 1.41. The van der Waals surface area contributed by atoms with Gasteiger partial charge in [-0.1, -0.05) is 22.0 Å². The number of nitrogens with zero attached hydrogens (tertiary/aromatic N) is 2. The molecule has 188 valence electrons. The number of fused-ring (bicyclic) bond motifs is 3. The number of ether oxygens (including phenoxy) is 2. The third-order valence-electron chi connectivity index (χ3n) is 6.76. The normalized spacial score (nSPS) is 17.4. The number of benzene rings is 2. The lowest BCUT2D eigenvalue weighted by atomic mass is 10.1. The van der Waals surface area contributed by atoms with Crippen molar-refractivity contribution in [2.24, 2.45) is 0 Å². The molecule has 0 spiro atoms. The van der Waals surface area contributed by atoms with Crippen LogP contribution in [0.4, 0.5) is 4.79 Å². The molecule has 36 heavy (non-hydrogen) atoms. The van der Waals surface area contributed by atoms with E-state index in [-0.39, 0.29) is 11.9 Å². The van der Waals surface area contributed by atoms with E-state index in [0.29, 0.717) is 12.4 Å². The van der Waals surface area contributed by atoms with Crippen LogP contribution in [0.3, 0.4) is 0 Å². The van der Waals surface area contributed by atoms with Gasteiger partial charge in [0.15, 0.2) is 0 Å². The molecule has 1 aliphatic heterocycles. The topological polar surface area (TPSA) is 110 Å². The molecule has 0 saturated carbocycles. The van der Waals surface area contributed by atoms with E-state index >= 15 is 0 Å². The first-order valence-corrected chi connectivity index (χ1v) is 12.5. The van der Waals surface area contributed by atoms with Gasteiger partial charge in [0.25, 0.3) is 0 Å². The third kappa shape index (κ3) is 4.46. The number of methoxy groups -OCH3 is 2. The number of carbonyl (C=O) groups excluding carboxylic acids is 2. The Bertz CT molecular complexity index is 1430. The zero-order valence-corrected chi connectivity index (χ0v) is 21.8. The minimum absolute atomic E-state index is 0.231. The summed E-state index contributed by atoms with van der Waals surface area (Å²) in [5.74, 6) is 0.469. The summed E-state index contributed by atoms with van der Waals surface area (Å²) in [5, 5.41) is 4.71. The van der Waals surface area contributed by atoms with Crippen LogP contribution in [0.25, 0.3) is 33.2 Å². The first kappa shape index (κ1) is 24.3. The first-order chi connectivity index (χ1) is 17.4. The van der Waals surface area contributed by atoms with E-state index < -0.39 is 18.2 Å². The van der Waals surface area contributed by atoms with Crippen molar-refractivity contribution in [3.8, 4) is 11.3 Å². The fourth-order valence-electron chi connectivity index (χ4n) is 4.77. The van der Waals surface area contributed by atoms with Crippen LogP contribution in [0.1, 0.15) is 31.6 Å². The lowest BCUT2D eigenvalue weighted by molar-refractivity contribution is -0.137. The molecule has 2 aromatic heterocycles. The number of nitrogens with one attached hydrogen (secondary N) is 2. The Kier molecular flexibility index (Phi) is 6.72. The number of H-pyrrole nitrogens is 1. The lowest BCUT2D eigenvalue weighted by Crippen LogP contribution is -2.54. The van der Waals surface area contributed by atoms with E-state index in [2.05, 4.69) is 31.2 Å². The monoisotopic (exact) mass is 554 g/mol. The number of imidazole rings is 1. The summed E-state index contributed by atoms with van der Waals surface area (Å²) in [6.45, 7) is 2.30. The van der Waals surface area contributed by atoms with Crippen LogP contribution in [0, 0.1) is 0 Å². The van der Waals surface area contributed by atoms with Crippen LogP contribution in [0.5, 0.6) is 0 Å². The molecule has 0 radical (unpaired) electrons. The molecule has 3 atom stereocenters. The lowest BCUT2D eigenvalue weighted by Gasteiger charge is -2.30. The fourth-order valence-corrected chi connectivity index (χ4v) is 5.11. The number of likely N-dealkylation sites (tertiary alicyclic amines) is 1. The summed E-state index contributed by atoms with van der Waals surface area (Å²) in [6, 6.07) is 11.0. The molecule has 2 N–H and O–H groups in total. The molecule has 0 unspecified atom stereocenters. The third-order valence-corrected chi connectivity index (χ3v) is 7.25. The SMILES string of the molecule is COC(=O)N[C@H](C(=O)N1CCC[C@H]1c1ncc(-c2ccc3c(c2)oc2cc(Br)ccc23)[nH]1)[C@@H](C)OC. The van der Waals surface area contributed by atoms with Crippen molar-refractivity contribution in [2.45, 2.75) is 38.0 Å². The van der Waals surface area contributed by atoms with Gasteiger partial charge >= 0.3 is 6.09 Å². The standard InChI is InChI=1S/C26H27BrN4O5/c1-14(34-2)23(30-26(33)35-3)25(32)31-10-4-5-20(31)24-28-13-19(29-24)15-6-8-17-18-9-7-16(27)12-22(18)36-21(17)11-15/h6-9,11-14,20,23H,4-5,10H2,1-3H3,(H,28,29)(H,30,33)/t14-,20+,23+/m1/s1. The van der Waals surface area contributed by atoms with Gasteiger partial charge in [-0.3, -0.25) is 4.79 Å². The van der Waals surface area contributed by atoms with Crippen LogP contribution in [0.15, 0.2) is 51.5 Å². The number of amides is 2. The summed E-state index contributed by atoms with van der Waals surface area (Å²) in [6.07, 6.45) is 2.17. The molecular weight excluding hydrogens is 528 g/mol. The highest BCUT2D eigenvalue weighted by molar-refractivity contribution is 9.10. The number of halogens is 1. The van der Waals surface area contributed by atoms with Crippen molar-refractivity contribution in [2.75, 3.05) is 20.8 Å². The van der Waals surface area contributed by atoms with Crippen molar-refractivity contribution in [1.82, 2.24) is 20.2 Å². The van der Waals surface area contributed by atoms with E-state index in [1.807, 2.05) is 36.4 Å². The average Bonchev–Trinajstić information content (AvgIpc) is 3.63. The van der Waals surface area contributed by atoms with Crippen LogP contribution in [-0.4, -0.2) is 59.8 Å². The first-order valence-electron chi connectivity index (χ1n) is 11.7. The van der Waals surface area contributed by atoms with Crippen LogP contribution in [0.2, 0.25) is 0 Å². The predicted octanol–water partition coefficient (Wildman–Crippen LogP) is 5.16. The molecule has 4 aromatic rings. The second-order valence-electron chi connectivity index (χ2n) is 8.88. The maximum Gasteiger partial charge on any atom is 0.407 e. The number of furan rings is 1. The smallest absolute Gasteiger partial charge is 0.407 e. The Labute approximate surface area is 216 Å². The maximum atomic E-state index is 13.4. The van der Waals surface area contributed by atoms with Crippen molar-refractivity contribution in [3.63, 3.8) is 0 Å². The van der Waals surface area contributed by atoms with Gasteiger partial charge in [-0.25, -0.2) is 9.78 Å². The van der Waals surface area contributed by atoms with Gasteiger partial charge in [0, 0.05) is 34.5 Å². The van der Waals surface area contributed by atoms with E-state index in [1.165, 1.54) is 14.2 Å². The van der Waals surface area contributed by atoms with Gasteiger partial charge in [-0.05, 0) is 50.1 Å². The fraction of sp³-hybridized carbons (Fsp3) is 0.346. The summed E-state index contributed by atoms with van der Waals surface area (Å²) >= 11 is 3.49. The number of hydrogen-bond acceptors (Lipinski definition) is 6. The minimum atomic E-state index is -0.868. The minimum Gasteiger partial charge on any atom is -0.456 e. The maximum absolute atomic E-state index is 13.4. The van der Waals surface area contributed by atoms with Gasteiger partial charge in [0.2, 0.25) is 5.91 Å². The van der Waals surface area contributed by atoms with Gasteiger partial charge in [0.1, 0.15) is 23.0 Å². The van der Waals surface area contributed by atoms with Gasteiger partial charge in [-0.2, -0.15) is 0 Å². The molecule has 9 nitrogen and oxygen atoms in total. The van der Waals surface area contributed by atoms with Gasteiger partial charge in [0.05, 0.1) is 31.1 Å². The highest BCUT2D eigenvalue weighted by Crippen LogP contribution is 2.35. The van der Waals surface area contributed by atoms with Gasteiger partial charge < -0.3 is 29.1 Å². The van der Waals surface area contributed by atoms with Crippen LogP contribution in [-0.2, 0) is 14.3 Å². The average molecular weight is 555 g/mol. The number of hydrogen-bond donors (Lipinski definition) is 2.